The Kier molecular flexibility index (Phi) is 4.00. The molecule has 5 nitrogen and oxygen atoms in total. The molecule has 7 heteroatoms. The van der Waals surface area contributed by atoms with Crippen LogP contribution in [0.5, 0.6) is 0 Å². The maximum atomic E-state index is 12.0. The summed E-state index contributed by atoms with van der Waals surface area (Å²) in [5.74, 6) is 0. The highest BCUT2D eigenvalue weighted by Gasteiger charge is 2.11. The third-order valence-corrected chi connectivity index (χ3v) is 4.84. The van der Waals surface area contributed by atoms with Crippen molar-refractivity contribution < 1.29 is 8.42 Å². The quantitative estimate of drug-likeness (QED) is 0.540. The van der Waals surface area contributed by atoms with Crippen molar-refractivity contribution in [1.29, 1.82) is 0 Å². The Bertz CT molecular complexity index is 934. The van der Waals surface area contributed by atoms with E-state index in [1.165, 1.54) is 18.3 Å². The van der Waals surface area contributed by atoms with Crippen LogP contribution in [0.2, 0.25) is 0 Å². The maximum Gasteiger partial charge on any atom is 0.276 e. The van der Waals surface area contributed by atoms with Gasteiger partial charge in [-0.05, 0) is 30.3 Å². The van der Waals surface area contributed by atoms with Crippen LogP contribution >= 0.6 is 15.9 Å². The van der Waals surface area contributed by atoms with Crippen LogP contribution in [0.1, 0.15) is 5.56 Å². The Morgan fingerprint density at radius 2 is 1.91 bits per heavy atom. The van der Waals surface area contributed by atoms with Gasteiger partial charge in [-0.15, -0.1) is 0 Å². The minimum Gasteiger partial charge on any atom is -0.361 e. The molecule has 1 aromatic heterocycles. The lowest BCUT2D eigenvalue weighted by molar-refractivity contribution is 0.584. The summed E-state index contributed by atoms with van der Waals surface area (Å²) >= 11 is 3.41. The molecular weight excluding hydrogens is 366 g/mol. The van der Waals surface area contributed by atoms with E-state index in [-0.39, 0.29) is 4.90 Å². The SMILES string of the molecule is O=S(=O)(NN=Cc1c[nH]c2ccc(Br)cc12)c1ccccc1. The van der Waals surface area contributed by atoms with E-state index in [1.54, 1.807) is 24.4 Å². The van der Waals surface area contributed by atoms with Crippen LogP contribution in [0.25, 0.3) is 10.9 Å². The topological polar surface area (TPSA) is 74.3 Å². The molecule has 0 fully saturated rings. The highest BCUT2D eigenvalue weighted by atomic mass is 79.9. The van der Waals surface area contributed by atoms with Gasteiger partial charge in [0.15, 0.2) is 0 Å². The molecule has 0 saturated heterocycles. The van der Waals surface area contributed by atoms with E-state index >= 15 is 0 Å². The Labute approximate surface area is 136 Å². The average Bonchev–Trinajstić information content (AvgIpc) is 2.90. The molecule has 0 unspecified atom stereocenters. The second kappa shape index (κ2) is 5.94. The predicted molar refractivity (Wildman–Crippen MR) is 90.4 cm³/mol. The van der Waals surface area contributed by atoms with Crippen molar-refractivity contribution in [3.05, 3.63) is 64.8 Å². The van der Waals surface area contributed by atoms with Gasteiger partial charge in [0, 0.05) is 27.1 Å². The van der Waals surface area contributed by atoms with Crippen molar-refractivity contribution in [2.24, 2.45) is 5.10 Å². The lowest BCUT2D eigenvalue weighted by Crippen LogP contribution is -2.18. The van der Waals surface area contributed by atoms with E-state index in [0.717, 1.165) is 20.9 Å². The Morgan fingerprint density at radius 3 is 2.68 bits per heavy atom. The first-order valence-corrected chi connectivity index (χ1v) is 8.70. The summed E-state index contributed by atoms with van der Waals surface area (Å²) in [5, 5.41) is 4.80. The molecule has 0 atom stereocenters. The van der Waals surface area contributed by atoms with E-state index in [2.05, 4.69) is 30.8 Å². The summed E-state index contributed by atoms with van der Waals surface area (Å²) in [6, 6.07) is 13.9. The number of H-pyrrole nitrogens is 1. The maximum absolute atomic E-state index is 12.0. The predicted octanol–water partition coefficient (Wildman–Crippen LogP) is 3.24. The lowest BCUT2D eigenvalue weighted by Gasteiger charge is -2.02. The van der Waals surface area contributed by atoms with Gasteiger partial charge < -0.3 is 4.98 Å². The van der Waals surface area contributed by atoms with Gasteiger partial charge in [0.25, 0.3) is 10.0 Å². The van der Waals surface area contributed by atoms with E-state index in [9.17, 15) is 8.42 Å². The number of hydrazone groups is 1. The summed E-state index contributed by atoms with van der Waals surface area (Å²) in [6.07, 6.45) is 3.25. The monoisotopic (exact) mass is 377 g/mol. The number of aromatic amines is 1. The van der Waals surface area contributed by atoms with Crippen LogP contribution in [-0.2, 0) is 10.0 Å². The van der Waals surface area contributed by atoms with Crippen LogP contribution in [0.15, 0.2) is 69.2 Å². The summed E-state index contributed by atoms with van der Waals surface area (Å²) in [7, 11) is -3.64. The first kappa shape index (κ1) is 14.8. The van der Waals surface area contributed by atoms with Crippen LogP contribution in [-0.4, -0.2) is 19.6 Å². The molecule has 2 N–H and O–H groups in total. The largest absolute Gasteiger partial charge is 0.361 e. The van der Waals surface area contributed by atoms with Gasteiger partial charge in [0.05, 0.1) is 11.1 Å². The highest BCUT2D eigenvalue weighted by molar-refractivity contribution is 9.10. The third kappa shape index (κ3) is 3.05. The van der Waals surface area contributed by atoms with Crippen LogP contribution in [0.3, 0.4) is 0 Å². The zero-order chi connectivity index (χ0) is 15.6. The molecule has 0 aliphatic carbocycles. The fraction of sp³-hybridized carbons (Fsp3) is 0. The van der Waals surface area contributed by atoms with E-state index < -0.39 is 10.0 Å². The Hall–Kier alpha value is -2.12. The number of sulfonamides is 1. The molecule has 1 heterocycles. The zero-order valence-corrected chi connectivity index (χ0v) is 13.7. The molecule has 3 rings (SSSR count). The first-order valence-electron chi connectivity index (χ1n) is 6.43. The molecule has 0 amide bonds. The second-order valence-electron chi connectivity index (χ2n) is 4.60. The van der Waals surface area contributed by atoms with Gasteiger partial charge in [-0.25, -0.2) is 4.83 Å². The van der Waals surface area contributed by atoms with Crippen LogP contribution in [0, 0.1) is 0 Å². The first-order chi connectivity index (χ1) is 10.6. The van der Waals surface area contributed by atoms with E-state index in [1.807, 2.05) is 18.2 Å². The molecule has 0 aliphatic heterocycles. The Balaban J connectivity index is 1.84. The third-order valence-electron chi connectivity index (χ3n) is 3.11. The van der Waals surface area contributed by atoms with Gasteiger partial charge in [0.1, 0.15) is 0 Å². The number of benzene rings is 2. The summed E-state index contributed by atoms with van der Waals surface area (Å²) in [4.78, 5) is 5.49. The molecule has 0 aliphatic rings. The molecule has 2 aromatic carbocycles. The smallest absolute Gasteiger partial charge is 0.276 e. The van der Waals surface area contributed by atoms with Crippen molar-refractivity contribution >= 4 is 43.1 Å². The van der Waals surface area contributed by atoms with Crippen LogP contribution < -0.4 is 4.83 Å². The van der Waals surface area contributed by atoms with E-state index in [4.69, 9.17) is 0 Å². The molecule has 0 spiro atoms. The molecule has 0 bridgehead atoms. The van der Waals surface area contributed by atoms with Crippen molar-refractivity contribution in [2.45, 2.75) is 4.90 Å². The number of aromatic nitrogens is 1. The second-order valence-corrected chi connectivity index (χ2v) is 7.18. The number of rotatable bonds is 4. The molecule has 0 radical (unpaired) electrons. The Morgan fingerprint density at radius 1 is 1.14 bits per heavy atom. The van der Waals surface area contributed by atoms with Gasteiger partial charge in [-0.1, -0.05) is 34.1 Å². The standard InChI is InChI=1S/C15H12BrN3O2S/c16-12-6-7-15-14(8-12)11(9-17-15)10-18-19-22(20,21)13-4-2-1-3-5-13/h1-10,17,19H. The fourth-order valence-corrected chi connectivity index (χ4v) is 3.21. The number of fused-ring (bicyclic) bond motifs is 1. The van der Waals surface area contributed by atoms with Gasteiger partial charge in [-0.2, -0.15) is 13.5 Å². The number of hydrogen-bond acceptors (Lipinski definition) is 3. The highest BCUT2D eigenvalue weighted by Crippen LogP contribution is 2.21. The fourth-order valence-electron chi connectivity index (χ4n) is 2.04. The minimum absolute atomic E-state index is 0.175. The van der Waals surface area contributed by atoms with Crippen molar-refractivity contribution in [3.8, 4) is 0 Å². The zero-order valence-electron chi connectivity index (χ0n) is 11.3. The van der Waals surface area contributed by atoms with Crippen LogP contribution in [0.4, 0.5) is 0 Å². The summed E-state index contributed by atoms with van der Waals surface area (Å²) in [5.41, 5.74) is 1.75. The van der Waals surface area contributed by atoms with Crippen molar-refractivity contribution in [3.63, 3.8) is 0 Å². The van der Waals surface area contributed by atoms with E-state index in [0.29, 0.717) is 0 Å². The number of nitrogens with one attached hydrogen (secondary N) is 2. The number of halogens is 1. The molecule has 22 heavy (non-hydrogen) atoms. The normalized spacial score (nSPS) is 12.0. The van der Waals surface area contributed by atoms with Gasteiger partial charge >= 0.3 is 0 Å². The molecular formula is C15H12BrN3O2S. The summed E-state index contributed by atoms with van der Waals surface area (Å²) < 4.78 is 25.0. The molecule has 0 saturated carbocycles. The van der Waals surface area contributed by atoms with Crippen molar-refractivity contribution in [2.75, 3.05) is 0 Å². The van der Waals surface area contributed by atoms with Gasteiger partial charge in [0.2, 0.25) is 0 Å². The van der Waals surface area contributed by atoms with Gasteiger partial charge in [-0.3, -0.25) is 0 Å². The van der Waals surface area contributed by atoms with Crippen molar-refractivity contribution in [1.82, 2.24) is 9.82 Å². The average molecular weight is 378 g/mol. The number of nitrogens with zero attached hydrogens (tertiary/aromatic N) is 1. The lowest BCUT2D eigenvalue weighted by atomic mass is 10.2. The number of hydrogen-bond donors (Lipinski definition) is 2. The molecule has 3 aromatic rings. The molecule has 112 valence electrons. The minimum atomic E-state index is -3.64. The summed E-state index contributed by atoms with van der Waals surface area (Å²) in [6.45, 7) is 0.